The molecule has 7 aromatic carbocycles. The van der Waals surface area contributed by atoms with Gasteiger partial charge in [-0.2, -0.15) is 5.26 Å². The molecule has 0 radical (unpaired) electrons. The van der Waals surface area contributed by atoms with E-state index in [9.17, 15) is 5.26 Å². The first-order chi connectivity index (χ1) is 24.2. The molecule has 0 fully saturated rings. The number of nitriles is 1. The molecule has 2 aromatic heterocycles. The Balaban J connectivity index is 1.21. The normalized spacial score (nSPS) is 12.7. The lowest BCUT2D eigenvalue weighted by molar-refractivity contribution is 0.811. The van der Waals surface area contributed by atoms with Gasteiger partial charge in [0, 0.05) is 51.7 Å². The number of anilines is 1. The van der Waals surface area contributed by atoms with Crippen molar-refractivity contribution >= 4 is 49.3 Å². The van der Waals surface area contributed by atoms with E-state index >= 15 is 0 Å². The Morgan fingerprint density at radius 2 is 0.959 bits per heavy atom. The molecular formula is C45H30N4. The van der Waals surface area contributed by atoms with Gasteiger partial charge in [0.2, 0.25) is 0 Å². The number of hydrogen-bond acceptors (Lipinski definition) is 2. The van der Waals surface area contributed by atoms with E-state index in [0.29, 0.717) is 5.56 Å². The molecule has 0 atom stereocenters. The molecule has 230 valence electrons. The van der Waals surface area contributed by atoms with Crippen molar-refractivity contribution in [3.8, 4) is 28.6 Å². The van der Waals surface area contributed by atoms with Crippen LogP contribution in [0.2, 0.25) is 0 Å². The van der Waals surface area contributed by atoms with Gasteiger partial charge < -0.3 is 14.0 Å². The van der Waals surface area contributed by atoms with Crippen molar-refractivity contribution in [2.24, 2.45) is 0 Å². The fourth-order valence-corrected chi connectivity index (χ4v) is 8.01. The van der Waals surface area contributed by atoms with E-state index in [1.165, 1.54) is 49.7 Å². The van der Waals surface area contributed by atoms with Gasteiger partial charge >= 0.3 is 0 Å². The maximum Gasteiger partial charge on any atom is 0.0991 e. The van der Waals surface area contributed by atoms with E-state index in [-0.39, 0.29) is 0 Å². The van der Waals surface area contributed by atoms with Crippen molar-refractivity contribution in [2.75, 3.05) is 4.90 Å². The zero-order valence-electron chi connectivity index (χ0n) is 26.7. The highest BCUT2D eigenvalue weighted by Gasteiger charge is 2.23. The molecule has 4 nitrogen and oxygen atoms in total. The molecule has 1 aliphatic rings. The molecule has 0 unspecified atom stereocenters. The zero-order chi connectivity index (χ0) is 32.5. The Bertz CT molecular complexity index is 2740. The Morgan fingerprint density at radius 3 is 1.63 bits per heavy atom. The summed E-state index contributed by atoms with van der Waals surface area (Å²) in [5, 5.41) is 14.4. The maximum absolute atomic E-state index is 9.67. The van der Waals surface area contributed by atoms with Crippen LogP contribution in [0.5, 0.6) is 0 Å². The maximum atomic E-state index is 9.67. The number of para-hydroxylation sites is 4. The van der Waals surface area contributed by atoms with Crippen molar-refractivity contribution in [3.05, 3.63) is 174 Å². The molecular weight excluding hydrogens is 597 g/mol. The first-order valence-electron chi connectivity index (χ1n) is 16.7. The molecule has 10 rings (SSSR count). The summed E-state index contributed by atoms with van der Waals surface area (Å²) in [6.07, 6.45) is 0. The standard InChI is InChI=1S/C45H30N4/c46-27-30-18-23-45-41(24-30)39-14-6-9-17-44(39)48(45)34-21-22-36-32(25-34)29-47(33-10-2-1-3-11-33)28-31-19-20-35(26-40(31)36)49-42-15-7-4-12-37(42)38-13-5-8-16-43(38)49/h1-26H,28-29H2. The molecule has 0 saturated carbocycles. The van der Waals surface area contributed by atoms with Crippen LogP contribution < -0.4 is 4.90 Å². The highest BCUT2D eigenvalue weighted by molar-refractivity contribution is 6.10. The van der Waals surface area contributed by atoms with Gasteiger partial charge in [0.25, 0.3) is 0 Å². The summed E-state index contributed by atoms with van der Waals surface area (Å²) in [6.45, 7) is 1.59. The molecule has 49 heavy (non-hydrogen) atoms. The summed E-state index contributed by atoms with van der Waals surface area (Å²) in [7, 11) is 0. The van der Waals surface area contributed by atoms with Crippen molar-refractivity contribution in [1.82, 2.24) is 9.13 Å². The summed E-state index contributed by atoms with van der Waals surface area (Å²) in [5.41, 5.74) is 13.9. The van der Waals surface area contributed by atoms with Gasteiger partial charge in [-0.25, -0.2) is 0 Å². The zero-order valence-corrected chi connectivity index (χ0v) is 26.7. The van der Waals surface area contributed by atoms with Gasteiger partial charge in [0.05, 0.1) is 33.7 Å². The minimum Gasteiger partial charge on any atom is -0.363 e. The van der Waals surface area contributed by atoms with E-state index in [2.05, 4.69) is 166 Å². The number of benzene rings is 7. The monoisotopic (exact) mass is 626 g/mol. The number of aromatic nitrogens is 2. The fraction of sp³-hybridized carbons (Fsp3) is 0.0444. The van der Waals surface area contributed by atoms with E-state index in [1.807, 2.05) is 12.1 Å². The molecule has 3 heterocycles. The first-order valence-corrected chi connectivity index (χ1v) is 16.7. The molecule has 1 aliphatic heterocycles. The third kappa shape index (κ3) is 4.23. The molecule has 0 N–H and O–H groups in total. The van der Waals surface area contributed by atoms with Crippen LogP contribution in [0.3, 0.4) is 0 Å². The summed E-state index contributed by atoms with van der Waals surface area (Å²) in [4.78, 5) is 2.49. The van der Waals surface area contributed by atoms with Gasteiger partial charge in [-0.3, -0.25) is 0 Å². The number of nitrogens with zero attached hydrogens (tertiary/aromatic N) is 4. The lowest BCUT2D eigenvalue weighted by Crippen LogP contribution is -2.20. The summed E-state index contributed by atoms with van der Waals surface area (Å²) in [5.74, 6) is 0. The van der Waals surface area contributed by atoms with E-state index < -0.39 is 0 Å². The fourth-order valence-electron chi connectivity index (χ4n) is 8.01. The summed E-state index contributed by atoms with van der Waals surface area (Å²) in [6, 6.07) is 59.0. The predicted octanol–water partition coefficient (Wildman–Crippen LogP) is 10.9. The lowest BCUT2D eigenvalue weighted by atomic mass is 9.95. The topological polar surface area (TPSA) is 36.9 Å². The molecule has 0 spiro atoms. The summed E-state index contributed by atoms with van der Waals surface area (Å²) < 4.78 is 4.76. The van der Waals surface area contributed by atoms with Crippen LogP contribution in [0.4, 0.5) is 5.69 Å². The smallest absolute Gasteiger partial charge is 0.0991 e. The molecule has 0 saturated heterocycles. The van der Waals surface area contributed by atoms with Crippen LogP contribution in [0.15, 0.2) is 158 Å². The average Bonchev–Trinajstić information content (AvgIpc) is 3.61. The quantitative estimate of drug-likeness (QED) is 0.196. The first kappa shape index (κ1) is 27.5. The van der Waals surface area contributed by atoms with Gasteiger partial charge in [-0.1, -0.05) is 84.9 Å². The Morgan fingerprint density at radius 1 is 0.408 bits per heavy atom. The number of hydrogen-bond donors (Lipinski definition) is 0. The second-order valence-electron chi connectivity index (χ2n) is 12.9. The SMILES string of the molecule is N#Cc1ccc2c(c1)c1ccccc1n2-c1ccc2c(c1)CN(c1ccccc1)Cc1ccc(-n3c4ccccc4c4ccccc43)cc1-2. The van der Waals surface area contributed by atoms with Crippen molar-refractivity contribution in [2.45, 2.75) is 13.1 Å². The predicted molar refractivity (Wildman–Crippen MR) is 202 cm³/mol. The Hall–Kier alpha value is -6.57. The van der Waals surface area contributed by atoms with Gasteiger partial charge in [-0.15, -0.1) is 0 Å². The Kier molecular flexibility index (Phi) is 6.03. The van der Waals surface area contributed by atoms with Crippen LogP contribution in [0, 0.1) is 11.3 Å². The summed E-state index contributed by atoms with van der Waals surface area (Å²) >= 11 is 0. The minimum atomic E-state index is 0.673. The van der Waals surface area contributed by atoms with Crippen LogP contribution in [0.1, 0.15) is 16.7 Å². The van der Waals surface area contributed by atoms with E-state index in [4.69, 9.17) is 0 Å². The van der Waals surface area contributed by atoms with Crippen LogP contribution in [0.25, 0.3) is 66.1 Å². The molecule has 9 aromatic rings. The Labute approximate surface area is 283 Å². The van der Waals surface area contributed by atoms with Crippen LogP contribution in [-0.2, 0) is 13.1 Å². The third-order valence-electron chi connectivity index (χ3n) is 10.2. The molecule has 4 heteroatoms. The molecule has 0 amide bonds. The second-order valence-corrected chi connectivity index (χ2v) is 12.9. The number of fused-ring (bicyclic) bond motifs is 9. The van der Waals surface area contributed by atoms with Crippen LogP contribution >= 0.6 is 0 Å². The molecule has 0 aliphatic carbocycles. The molecule has 0 bridgehead atoms. The average molecular weight is 627 g/mol. The third-order valence-corrected chi connectivity index (χ3v) is 10.2. The minimum absolute atomic E-state index is 0.673. The van der Waals surface area contributed by atoms with Gasteiger partial charge in [-0.05, 0) is 95.1 Å². The van der Waals surface area contributed by atoms with E-state index in [1.54, 1.807) is 0 Å². The number of rotatable bonds is 3. The van der Waals surface area contributed by atoms with Crippen LogP contribution in [-0.4, -0.2) is 9.13 Å². The van der Waals surface area contributed by atoms with Crippen molar-refractivity contribution in [1.29, 1.82) is 5.26 Å². The highest BCUT2D eigenvalue weighted by Crippen LogP contribution is 2.40. The van der Waals surface area contributed by atoms with Crippen molar-refractivity contribution < 1.29 is 0 Å². The second kappa shape index (κ2) is 10.7. The lowest BCUT2D eigenvalue weighted by Gasteiger charge is -2.24. The highest BCUT2D eigenvalue weighted by atomic mass is 15.1. The van der Waals surface area contributed by atoms with E-state index in [0.717, 1.165) is 46.3 Å². The largest absolute Gasteiger partial charge is 0.363 e. The van der Waals surface area contributed by atoms with Gasteiger partial charge in [0.1, 0.15) is 0 Å². The van der Waals surface area contributed by atoms with Gasteiger partial charge in [0.15, 0.2) is 0 Å². The van der Waals surface area contributed by atoms with Crippen molar-refractivity contribution in [3.63, 3.8) is 0 Å².